The largest absolute Gasteiger partial charge is 0.395 e. The Hall–Kier alpha value is -0.200. The van der Waals surface area contributed by atoms with E-state index in [2.05, 4.69) is 16.7 Å². The van der Waals surface area contributed by atoms with E-state index in [4.69, 9.17) is 9.84 Å². The van der Waals surface area contributed by atoms with Gasteiger partial charge >= 0.3 is 0 Å². The topological polar surface area (TPSA) is 56.2 Å². The van der Waals surface area contributed by atoms with E-state index in [1.54, 1.807) is 0 Å². The van der Waals surface area contributed by atoms with Gasteiger partial charge < -0.3 is 14.9 Å². The van der Waals surface area contributed by atoms with Crippen LogP contribution in [0.5, 0.6) is 0 Å². The highest BCUT2D eigenvalue weighted by molar-refractivity contribution is 4.74. The summed E-state index contributed by atoms with van der Waals surface area (Å²) in [4.78, 5) is 4.58. The van der Waals surface area contributed by atoms with E-state index in [1.165, 1.54) is 96.3 Å². The van der Waals surface area contributed by atoms with Gasteiger partial charge in [-0.25, -0.2) is 0 Å². The summed E-state index contributed by atoms with van der Waals surface area (Å²) in [5.74, 6) is 0. The van der Waals surface area contributed by atoms with Crippen molar-refractivity contribution < 1.29 is 14.9 Å². The predicted molar refractivity (Wildman–Crippen MR) is 136 cm³/mol. The fourth-order valence-electron chi connectivity index (χ4n) is 4.66. The molecule has 0 aromatic carbocycles. The first kappa shape index (κ1) is 29.8. The van der Waals surface area contributed by atoms with Gasteiger partial charge in [-0.05, 0) is 6.42 Å². The lowest BCUT2D eigenvalue weighted by Crippen LogP contribution is -2.49. The molecule has 5 heteroatoms. The average Bonchev–Trinajstić information content (AvgIpc) is 2.80. The number of hydrogen-bond acceptors (Lipinski definition) is 5. The van der Waals surface area contributed by atoms with E-state index in [0.717, 1.165) is 45.8 Å². The van der Waals surface area contributed by atoms with E-state index in [0.29, 0.717) is 13.2 Å². The number of piperazine rings is 1. The number of nitrogens with zero attached hydrogens (tertiary/aromatic N) is 2. The molecule has 0 saturated carbocycles. The first-order valence-electron chi connectivity index (χ1n) is 14.1. The monoisotopic (exact) mass is 456 g/mol. The lowest BCUT2D eigenvalue weighted by molar-refractivity contribution is 0.00517. The molecule has 1 heterocycles. The summed E-state index contributed by atoms with van der Waals surface area (Å²) in [6, 6.07) is 0. The van der Waals surface area contributed by atoms with Crippen LogP contribution in [0.4, 0.5) is 0 Å². The standard InChI is InChI=1S/C27H56N2O3/c1-2-3-4-5-6-7-8-9-10-11-12-13-14-15-16-17-24-32-26-27(31)25-29-20-18-28(19-21-29)22-23-30/h27,30-31H,2-26H2,1H3. The van der Waals surface area contributed by atoms with E-state index < -0.39 is 0 Å². The Kier molecular flexibility index (Phi) is 21.1. The van der Waals surface area contributed by atoms with Crippen molar-refractivity contribution in [3.8, 4) is 0 Å². The molecule has 1 rings (SSSR count). The fraction of sp³-hybridized carbons (Fsp3) is 1.00. The number of aliphatic hydroxyl groups is 2. The maximum Gasteiger partial charge on any atom is 0.0900 e. The van der Waals surface area contributed by atoms with Crippen molar-refractivity contribution in [2.45, 2.75) is 116 Å². The summed E-state index contributed by atoms with van der Waals surface area (Å²) in [5, 5.41) is 19.2. The van der Waals surface area contributed by atoms with Crippen molar-refractivity contribution in [1.82, 2.24) is 9.80 Å². The minimum Gasteiger partial charge on any atom is -0.395 e. The summed E-state index contributed by atoms with van der Waals surface area (Å²) in [6.07, 6.45) is 21.8. The van der Waals surface area contributed by atoms with Gasteiger partial charge in [-0.1, -0.05) is 103 Å². The normalized spacial score (nSPS) is 16.6. The van der Waals surface area contributed by atoms with Crippen LogP contribution in [0.2, 0.25) is 0 Å². The number of rotatable bonds is 23. The zero-order valence-corrected chi connectivity index (χ0v) is 21.5. The van der Waals surface area contributed by atoms with E-state index in [9.17, 15) is 5.11 Å². The lowest BCUT2D eigenvalue weighted by atomic mass is 10.0. The van der Waals surface area contributed by atoms with Gasteiger partial charge in [0.25, 0.3) is 0 Å². The fourth-order valence-corrected chi connectivity index (χ4v) is 4.66. The van der Waals surface area contributed by atoms with Gasteiger partial charge in [-0.15, -0.1) is 0 Å². The third-order valence-electron chi connectivity index (χ3n) is 6.80. The maximum atomic E-state index is 10.2. The second-order valence-electron chi connectivity index (χ2n) is 9.90. The van der Waals surface area contributed by atoms with Gasteiger partial charge in [0, 0.05) is 45.9 Å². The van der Waals surface area contributed by atoms with Crippen LogP contribution in [0.1, 0.15) is 110 Å². The Bertz CT molecular complexity index is 376. The van der Waals surface area contributed by atoms with Crippen LogP contribution in [-0.4, -0.2) is 85.2 Å². The van der Waals surface area contributed by atoms with Gasteiger partial charge in [0.1, 0.15) is 0 Å². The molecular weight excluding hydrogens is 400 g/mol. The molecule has 0 aliphatic carbocycles. The Morgan fingerprint density at radius 2 is 1.09 bits per heavy atom. The molecule has 1 atom stereocenters. The lowest BCUT2D eigenvalue weighted by Gasteiger charge is -2.35. The smallest absolute Gasteiger partial charge is 0.0900 e. The van der Waals surface area contributed by atoms with Crippen LogP contribution in [0.3, 0.4) is 0 Å². The zero-order valence-electron chi connectivity index (χ0n) is 21.5. The Morgan fingerprint density at radius 3 is 1.56 bits per heavy atom. The number of unbranched alkanes of at least 4 members (excludes halogenated alkanes) is 15. The molecule has 1 aliphatic rings. The molecular formula is C27H56N2O3. The molecule has 5 nitrogen and oxygen atoms in total. The van der Waals surface area contributed by atoms with Crippen LogP contribution in [-0.2, 0) is 4.74 Å². The zero-order chi connectivity index (χ0) is 23.1. The van der Waals surface area contributed by atoms with Crippen molar-refractivity contribution in [1.29, 1.82) is 0 Å². The summed E-state index contributed by atoms with van der Waals surface area (Å²) < 4.78 is 5.70. The molecule has 192 valence electrons. The van der Waals surface area contributed by atoms with E-state index in [-0.39, 0.29) is 12.7 Å². The summed E-state index contributed by atoms with van der Waals surface area (Å²) in [5.41, 5.74) is 0. The highest BCUT2D eigenvalue weighted by atomic mass is 16.5. The minimum absolute atomic E-state index is 0.232. The SMILES string of the molecule is CCCCCCCCCCCCCCCCCCOCC(O)CN1CCN(CCO)CC1. The second-order valence-corrected chi connectivity index (χ2v) is 9.90. The van der Waals surface area contributed by atoms with Gasteiger partial charge in [-0.2, -0.15) is 0 Å². The molecule has 1 fully saturated rings. The third-order valence-corrected chi connectivity index (χ3v) is 6.80. The maximum absolute atomic E-state index is 10.2. The molecule has 0 spiro atoms. The van der Waals surface area contributed by atoms with Crippen molar-refractivity contribution in [3.05, 3.63) is 0 Å². The second kappa shape index (κ2) is 22.6. The summed E-state index contributed by atoms with van der Waals surface area (Å²) in [6.45, 7) is 9.11. The third kappa shape index (κ3) is 18.3. The van der Waals surface area contributed by atoms with Gasteiger partial charge in [0.05, 0.1) is 19.3 Å². The van der Waals surface area contributed by atoms with Crippen LogP contribution in [0, 0.1) is 0 Å². The molecule has 0 aromatic heterocycles. The van der Waals surface area contributed by atoms with Crippen LogP contribution in [0.15, 0.2) is 0 Å². The summed E-state index contributed by atoms with van der Waals surface area (Å²) in [7, 11) is 0. The van der Waals surface area contributed by atoms with Gasteiger partial charge in [0.2, 0.25) is 0 Å². The van der Waals surface area contributed by atoms with Crippen LogP contribution >= 0.6 is 0 Å². The molecule has 1 aliphatic heterocycles. The van der Waals surface area contributed by atoms with Gasteiger partial charge in [0.15, 0.2) is 0 Å². The first-order valence-corrected chi connectivity index (χ1v) is 14.1. The first-order chi connectivity index (χ1) is 15.8. The van der Waals surface area contributed by atoms with E-state index >= 15 is 0 Å². The van der Waals surface area contributed by atoms with E-state index in [1.807, 2.05) is 0 Å². The van der Waals surface area contributed by atoms with Gasteiger partial charge in [-0.3, -0.25) is 9.80 Å². The summed E-state index contributed by atoms with van der Waals surface area (Å²) >= 11 is 0. The molecule has 0 amide bonds. The quantitative estimate of drug-likeness (QED) is 0.206. The van der Waals surface area contributed by atoms with Crippen LogP contribution in [0.25, 0.3) is 0 Å². The molecule has 2 N–H and O–H groups in total. The Labute approximate surface area is 199 Å². The number of ether oxygens (including phenoxy) is 1. The molecule has 1 unspecified atom stereocenters. The predicted octanol–water partition coefficient (Wildman–Crippen LogP) is 5.24. The number of hydrogen-bond donors (Lipinski definition) is 2. The Morgan fingerprint density at radius 1 is 0.656 bits per heavy atom. The number of β-amino-alcohol motifs (C(OH)–C–C–N with tert-alkyl or cyclic N) is 2. The molecule has 32 heavy (non-hydrogen) atoms. The van der Waals surface area contributed by atoms with Crippen molar-refractivity contribution in [2.75, 3.05) is 59.1 Å². The molecule has 0 radical (unpaired) electrons. The Balaban J connectivity index is 1.75. The van der Waals surface area contributed by atoms with Crippen molar-refractivity contribution >= 4 is 0 Å². The average molecular weight is 457 g/mol. The highest BCUT2D eigenvalue weighted by Crippen LogP contribution is 2.13. The van der Waals surface area contributed by atoms with Crippen LogP contribution < -0.4 is 0 Å². The minimum atomic E-state index is -0.388. The molecule has 0 bridgehead atoms. The molecule has 1 saturated heterocycles. The highest BCUT2D eigenvalue weighted by Gasteiger charge is 2.18. The van der Waals surface area contributed by atoms with Crippen molar-refractivity contribution in [2.24, 2.45) is 0 Å². The molecule has 0 aromatic rings. The van der Waals surface area contributed by atoms with Crippen molar-refractivity contribution in [3.63, 3.8) is 0 Å². The number of aliphatic hydroxyl groups excluding tert-OH is 2.